The number of halogens is 8. The quantitative estimate of drug-likeness (QED) is 0.166. The van der Waals surface area contributed by atoms with Crippen LogP contribution in [-0.4, -0.2) is 238 Å². The summed E-state index contributed by atoms with van der Waals surface area (Å²) < 4.78 is 119. The van der Waals surface area contributed by atoms with Crippen LogP contribution in [0.25, 0.3) is 0 Å². The van der Waals surface area contributed by atoms with E-state index in [1.165, 1.54) is 61.6 Å². The number of benzene rings is 2. The molecule has 0 unspecified atom stereocenters. The molecule has 23 nitrogen and oxygen atoms in total. The van der Waals surface area contributed by atoms with Crippen LogP contribution in [0.1, 0.15) is 162 Å². The zero-order valence-electron chi connectivity index (χ0n) is 61.7. The fourth-order valence-electron chi connectivity index (χ4n) is 14.2. The summed E-state index contributed by atoms with van der Waals surface area (Å²) in [4.78, 5) is 174. The molecule has 2 aromatic carbocycles. The lowest BCUT2D eigenvalue weighted by Crippen LogP contribution is -2.65. The minimum atomic E-state index is -5.44. The van der Waals surface area contributed by atoms with E-state index in [4.69, 9.17) is 4.74 Å². The molecule has 3 N–H and O–H groups in total. The van der Waals surface area contributed by atoms with Gasteiger partial charge in [-0.1, -0.05) is 79.4 Å². The van der Waals surface area contributed by atoms with Crippen LogP contribution in [-0.2, 0) is 82.7 Å². The number of carbonyl (C=O) groups excluding carboxylic acids is 11. The highest BCUT2D eigenvalue weighted by molar-refractivity contribution is 6.00. The lowest BCUT2D eigenvalue weighted by Gasteiger charge is -2.45. The molecule has 12 atom stereocenters. The van der Waals surface area contributed by atoms with Gasteiger partial charge < -0.3 is 59.9 Å². The van der Waals surface area contributed by atoms with Gasteiger partial charge in [0, 0.05) is 86.8 Å². The smallest absolute Gasteiger partial charge is 0.377 e. The van der Waals surface area contributed by atoms with Crippen LogP contribution >= 0.6 is 0 Å². The number of rotatable bonds is 14. The van der Waals surface area contributed by atoms with E-state index in [2.05, 4.69) is 16.0 Å². The first-order chi connectivity index (χ1) is 48.1. The summed E-state index contributed by atoms with van der Waals surface area (Å²) in [6, 6.07) is -7.30. The van der Waals surface area contributed by atoms with Gasteiger partial charge in [-0.05, 0) is 119 Å². The fourth-order valence-corrected chi connectivity index (χ4v) is 14.2. The molecule has 1 aliphatic carbocycles. The maximum Gasteiger partial charge on any atom is 0.422 e. The molecule has 2 aromatic rings. The van der Waals surface area contributed by atoms with E-state index in [1.807, 2.05) is 20.8 Å². The van der Waals surface area contributed by atoms with Crippen LogP contribution in [0.5, 0.6) is 0 Å². The fraction of sp³-hybridized carbons (Fsp3) is 0.681. The predicted molar refractivity (Wildman–Crippen MR) is 363 cm³/mol. The number of alkyl halides is 6. The Bertz CT molecular complexity index is 3390. The molecular formula is C72H103F8N11O12. The minimum absolute atomic E-state index is 0.00416. The Labute approximate surface area is 597 Å². The normalized spacial score (nSPS) is 26.5. The second kappa shape index (κ2) is 35.2. The van der Waals surface area contributed by atoms with E-state index in [1.54, 1.807) is 34.6 Å². The summed E-state index contributed by atoms with van der Waals surface area (Å²) >= 11 is 0. The molecule has 0 radical (unpaired) electrons. The maximum atomic E-state index is 15.4. The molecule has 0 bridgehead atoms. The summed E-state index contributed by atoms with van der Waals surface area (Å²) in [6.45, 7) is 15.6. The summed E-state index contributed by atoms with van der Waals surface area (Å²) in [6.07, 6.45) is -11.2. The van der Waals surface area contributed by atoms with Crippen molar-refractivity contribution in [2.45, 2.75) is 231 Å². The third-order valence-electron chi connectivity index (χ3n) is 21.1. The number of amides is 11. The van der Waals surface area contributed by atoms with Gasteiger partial charge in [0.05, 0.1) is 18.2 Å². The molecule has 1 spiro atoms. The summed E-state index contributed by atoms with van der Waals surface area (Å²) in [5, 5.41) is 8.36. The topological polar surface area (TPSA) is 259 Å². The first-order valence-corrected chi connectivity index (χ1v) is 35.6. The van der Waals surface area contributed by atoms with Crippen LogP contribution < -0.4 is 16.0 Å². The molecule has 0 aromatic heterocycles. The van der Waals surface area contributed by atoms with Crippen LogP contribution in [0.3, 0.4) is 0 Å². The highest BCUT2D eigenvalue weighted by atomic mass is 19.4. The third kappa shape index (κ3) is 19.7. The zero-order chi connectivity index (χ0) is 77.2. The molecule has 3 saturated heterocycles. The van der Waals surface area contributed by atoms with Crippen LogP contribution in [0.15, 0.2) is 36.4 Å². The molecule has 4 aliphatic rings. The van der Waals surface area contributed by atoms with E-state index in [9.17, 15) is 50.3 Å². The largest absolute Gasteiger partial charge is 0.422 e. The van der Waals surface area contributed by atoms with Gasteiger partial charge in [0.15, 0.2) is 0 Å². The van der Waals surface area contributed by atoms with Crippen molar-refractivity contribution in [1.29, 1.82) is 0 Å². The number of carbonyl (C=O) groups is 11. The first-order valence-electron chi connectivity index (χ1n) is 35.6. The Morgan fingerprint density at radius 1 is 0.641 bits per heavy atom. The van der Waals surface area contributed by atoms with Gasteiger partial charge in [0.1, 0.15) is 71.1 Å². The third-order valence-corrected chi connectivity index (χ3v) is 21.1. The lowest BCUT2D eigenvalue weighted by molar-refractivity contribution is -0.160. The molecule has 11 amide bonds. The molecule has 103 heavy (non-hydrogen) atoms. The van der Waals surface area contributed by atoms with Crippen molar-refractivity contribution >= 4 is 65.0 Å². The van der Waals surface area contributed by atoms with Crippen molar-refractivity contribution < 1.29 is 92.6 Å². The number of nitrogens with one attached hydrogen (secondary N) is 3. The van der Waals surface area contributed by atoms with Crippen LogP contribution in [0.2, 0.25) is 0 Å². The molecule has 4 fully saturated rings. The maximum absolute atomic E-state index is 15.4. The van der Waals surface area contributed by atoms with Crippen molar-refractivity contribution in [1.82, 2.24) is 55.1 Å². The van der Waals surface area contributed by atoms with E-state index in [-0.39, 0.29) is 81.8 Å². The second-order valence-electron chi connectivity index (χ2n) is 28.7. The Balaban J connectivity index is 1.48. The van der Waals surface area contributed by atoms with Crippen molar-refractivity contribution in [3.63, 3.8) is 0 Å². The SMILES string of the molecule is CCO[C@@H]1C[C@H]2C(=O)NC3(CCCC3)C(=O)N(C)[C@@H]([C@@H](C)CC)C(=O)N(C)[C@H](C)CC(=O)N(C)[C@@H](CC(C)C)C(=O)N[C@@H]([C@@H](C)CC)C(=O)N(C)[C@@H](C)C(=O)N3CC[C@H]3C(=O)N(CC)[C@@H](Cc3ccc(C(F)(F)F)cc3)C(=O)N(C)CC(=O)N[C@@H](CCc3cc(F)c(C(F)(F)F)c(F)c3)C(=O)N2C1. The van der Waals surface area contributed by atoms with Crippen LogP contribution in [0.4, 0.5) is 35.1 Å². The van der Waals surface area contributed by atoms with Crippen LogP contribution in [0, 0.1) is 29.4 Å². The van der Waals surface area contributed by atoms with Gasteiger partial charge in [-0.15, -0.1) is 0 Å². The number of aryl methyl sites for hydroxylation is 1. The number of likely N-dealkylation sites (N-methyl/N-ethyl adjacent to an activating group) is 6. The second-order valence-corrected chi connectivity index (χ2v) is 28.7. The predicted octanol–water partition coefficient (Wildman–Crippen LogP) is 6.75. The first kappa shape index (κ1) is 84.0. The van der Waals surface area contributed by atoms with Gasteiger partial charge in [-0.3, -0.25) is 52.7 Å². The Kier molecular flexibility index (Phi) is 28.7. The summed E-state index contributed by atoms with van der Waals surface area (Å²) in [5.41, 5.74) is -5.15. The summed E-state index contributed by atoms with van der Waals surface area (Å²) in [5.74, 6) is -13.7. The van der Waals surface area contributed by atoms with E-state index >= 15 is 37.5 Å². The summed E-state index contributed by atoms with van der Waals surface area (Å²) in [7, 11) is 6.86. The van der Waals surface area contributed by atoms with Crippen molar-refractivity contribution in [2.75, 3.05) is 68.0 Å². The van der Waals surface area contributed by atoms with Gasteiger partial charge in [-0.2, -0.15) is 26.3 Å². The van der Waals surface area contributed by atoms with Gasteiger partial charge in [-0.25, -0.2) is 8.78 Å². The highest BCUT2D eigenvalue weighted by Gasteiger charge is 2.52. The molecule has 1 saturated carbocycles. The number of nitrogens with zero attached hydrogens (tertiary/aromatic N) is 8. The van der Waals surface area contributed by atoms with E-state index < -0.39 is 204 Å². The Hall–Kier alpha value is -7.99. The number of hydrogen-bond donors (Lipinski definition) is 3. The van der Waals surface area contributed by atoms with Gasteiger partial charge in [0.25, 0.3) is 0 Å². The molecule has 3 heterocycles. The van der Waals surface area contributed by atoms with E-state index in [0.29, 0.717) is 37.8 Å². The number of ether oxygens (including phenoxy) is 1. The van der Waals surface area contributed by atoms with Crippen molar-refractivity contribution in [2.24, 2.45) is 17.8 Å². The van der Waals surface area contributed by atoms with E-state index in [0.717, 1.165) is 50.9 Å². The van der Waals surface area contributed by atoms with Gasteiger partial charge in [0.2, 0.25) is 65.0 Å². The molecule has 6 rings (SSSR count). The average Bonchev–Trinajstić information content (AvgIpc) is 1.53. The molecule has 3 aliphatic heterocycles. The molecule has 31 heteroatoms. The number of fused-ring (bicyclic) bond motifs is 2. The van der Waals surface area contributed by atoms with Crippen molar-refractivity contribution in [3.05, 3.63) is 70.3 Å². The standard InChI is InChI=1S/C72H103F8N11O12/c1-16-41(7)59-67(100)86(13)44(10)63(96)90-31-28-52(90)66(99)89(18-3)55(36-45-22-25-47(26-23-45)71(75,76)77)65(98)84(11)39-56(92)81-51(27-24-46-34-49(73)58(50(74)35-46)72(78,79)80)64(97)91-38-48(103-19-4)37-54(91)62(95)83-70(29-20-21-30-70)69(102)88(15)60(42(8)17-2)68(101)85(12)43(9)33-57(93)87(14)53(32-40(5)6)61(94)82-59/h22-23,25-26,34-35,40-44,48,51-55,59-60H,16-21,24,27-33,36-39H2,1-15H3,(H,81,92)(H,82,94)(H,83,95)/t41-,42-,43+,44-,48+,51-,52-,53-,54-,55-,59-,60-/m0/s1. The lowest BCUT2D eigenvalue weighted by atomic mass is 9.90. The highest BCUT2D eigenvalue weighted by Crippen LogP contribution is 2.37. The molecule has 574 valence electrons. The Morgan fingerprint density at radius 2 is 1.24 bits per heavy atom. The van der Waals surface area contributed by atoms with Crippen molar-refractivity contribution in [3.8, 4) is 0 Å². The zero-order valence-corrected chi connectivity index (χ0v) is 61.7. The Morgan fingerprint density at radius 3 is 1.77 bits per heavy atom. The molecular weight excluding hydrogens is 1360 g/mol. The minimum Gasteiger partial charge on any atom is -0.377 e. The van der Waals surface area contributed by atoms with Gasteiger partial charge >= 0.3 is 12.4 Å². The monoisotopic (exact) mass is 1470 g/mol. The average molecular weight is 1470 g/mol. The number of hydrogen-bond acceptors (Lipinski definition) is 12.